The third-order valence-electron chi connectivity index (χ3n) is 8.52. The molecule has 0 aliphatic rings. The van der Waals surface area contributed by atoms with E-state index in [1.807, 2.05) is 25.1 Å². The molecule has 4 aromatic rings. The van der Waals surface area contributed by atoms with Gasteiger partial charge in [-0.3, -0.25) is 4.79 Å². The predicted octanol–water partition coefficient (Wildman–Crippen LogP) is 10.2. The van der Waals surface area contributed by atoms with Crippen molar-refractivity contribution in [1.82, 2.24) is 15.0 Å². The minimum Gasteiger partial charge on any atom is -0.506 e. The topological polar surface area (TPSA) is 98.5 Å². The minimum absolute atomic E-state index is 0.145. The number of methoxy groups -OCH3 is 1. The van der Waals surface area contributed by atoms with E-state index in [4.69, 9.17) is 21.1 Å². The van der Waals surface area contributed by atoms with Crippen LogP contribution in [0.15, 0.2) is 54.6 Å². The summed E-state index contributed by atoms with van der Waals surface area (Å²) in [6.45, 7) is 4.16. The smallest absolute Gasteiger partial charge is 0.265 e. The summed E-state index contributed by atoms with van der Waals surface area (Å²) in [6, 6.07) is 16.2. The molecule has 1 atom stereocenters. The summed E-state index contributed by atoms with van der Waals surface area (Å²) in [6.07, 6.45) is 18.1. The van der Waals surface area contributed by atoms with Crippen LogP contribution in [0, 0.1) is 0 Å². The number of aryl methyl sites for hydroxylation is 1. The van der Waals surface area contributed by atoms with Gasteiger partial charge in [0, 0.05) is 11.1 Å². The van der Waals surface area contributed by atoms with E-state index in [0.29, 0.717) is 39.7 Å². The number of ether oxygens (including phenoxy) is 2. The van der Waals surface area contributed by atoms with Crippen LogP contribution in [0.4, 0.5) is 5.69 Å². The largest absolute Gasteiger partial charge is 0.506 e. The first kappa shape index (κ1) is 36.1. The quantitative estimate of drug-likeness (QED) is 0.0680. The summed E-state index contributed by atoms with van der Waals surface area (Å²) in [4.78, 5) is 14.7. The van der Waals surface area contributed by atoms with Crippen molar-refractivity contribution in [3.05, 3.63) is 65.2 Å². The molecule has 0 bridgehead atoms. The number of carbonyl (C=O) groups excluding carboxylic acids is 1. The number of fused-ring (bicyclic) bond motifs is 1. The number of anilines is 1. The maximum absolute atomic E-state index is 13.3. The second-order valence-corrected chi connectivity index (χ2v) is 12.7. The Morgan fingerprint density at radius 1 is 0.851 bits per heavy atom. The van der Waals surface area contributed by atoms with Gasteiger partial charge in [0.25, 0.3) is 5.91 Å². The number of nitrogens with zero attached hydrogens (tertiary/aromatic N) is 3. The lowest BCUT2D eigenvalue weighted by Gasteiger charge is -2.19. The highest BCUT2D eigenvalue weighted by atomic mass is 35.5. The number of aromatic hydroxyl groups is 1. The van der Waals surface area contributed by atoms with Crippen molar-refractivity contribution >= 4 is 34.2 Å². The number of aromatic nitrogens is 3. The van der Waals surface area contributed by atoms with E-state index in [-0.39, 0.29) is 17.3 Å². The molecule has 0 aliphatic heterocycles. The van der Waals surface area contributed by atoms with Crippen LogP contribution in [0.2, 0.25) is 5.02 Å². The zero-order chi connectivity index (χ0) is 33.4. The Morgan fingerprint density at radius 2 is 1.51 bits per heavy atom. The highest BCUT2D eigenvalue weighted by molar-refractivity contribution is 6.31. The number of phenolic OH excluding ortho intramolecular Hbond substituents is 1. The van der Waals surface area contributed by atoms with Crippen molar-refractivity contribution in [1.29, 1.82) is 0 Å². The van der Waals surface area contributed by atoms with Crippen LogP contribution in [0.1, 0.15) is 109 Å². The van der Waals surface area contributed by atoms with Gasteiger partial charge in [-0.05, 0) is 61.2 Å². The Labute approximate surface area is 284 Å². The predicted molar refractivity (Wildman–Crippen MR) is 191 cm³/mol. The van der Waals surface area contributed by atoms with Crippen LogP contribution < -0.4 is 14.8 Å². The van der Waals surface area contributed by atoms with E-state index in [2.05, 4.69) is 28.5 Å². The zero-order valence-corrected chi connectivity index (χ0v) is 29.0. The molecule has 47 heavy (non-hydrogen) atoms. The van der Waals surface area contributed by atoms with Gasteiger partial charge in [0.1, 0.15) is 34.0 Å². The Hall–Kier alpha value is -3.78. The maximum Gasteiger partial charge on any atom is 0.265 e. The molecule has 9 heteroatoms. The van der Waals surface area contributed by atoms with Gasteiger partial charge in [-0.25, -0.2) is 0 Å². The Kier molecular flexibility index (Phi) is 14.7. The van der Waals surface area contributed by atoms with Crippen molar-refractivity contribution in [3.63, 3.8) is 0 Å². The molecule has 3 aromatic carbocycles. The molecule has 8 nitrogen and oxygen atoms in total. The third kappa shape index (κ3) is 11.2. The Morgan fingerprint density at radius 3 is 2.17 bits per heavy atom. The van der Waals surface area contributed by atoms with Crippen molar-refractivity contribution in [2.75, 3.05) is 12.4 Å². The average molecular weight is 663 g/mol. The lowest BCUT2D eigenvalue weighted by Crippen LogP contribution is -2.32. The fraction of sp³-hybridized carbons (Fsp3) is 0.500. The van der Waals surface area contributed by atoms with E-state index in [0.717, 1.165) is 12.8 Å². The number of hydrogen-bond acceptors (Lipinski definition) is 6. The first-order valence-corrected chi connectivity index (χ1v) is 17.8. The van der Waals surface area contributed by atoms with Crippen molar-refractivity contribution in [2.24, 2.45) is 0 Å². The van der Waals surface area contributed by atoms with E-state index in [1.165, 1.54) is 101 Å². The fourth-order valence-corrected chi connectivity index (χ4v) is 5.96. The molecule has 0 spiro atoms. The third-order valence-corrected chi connectivity index (χ3v) is 8.76. The van der Waals surface area contributed by atoms with E-state index < -0.39 is 6.10 Å². The first-order chi connectivity index (χ1) is 22.9. The summed E-state index contributed by atoms with van der Waals surface area (Å²) >= 11 is 6.12. The summed E-state index contributed by atoms with van der Waals surface area (Å²) < 4.78 is 11.6. The second-order valence-electron chi connectivity index (χ2n) is 12.3. The minimum atomic E-state index is -0.751. The average Bonchev–Trinajstić information content (AvgIpc) is 3.49. The van der Waals surface area contributed by atoms with E-state index in [1.54, 1.807) is 24.3 Å². The molecule has 0 fully saturated rings. The van der Waals surface area contributed by atoms with Crippen LogP contribution in [-0.2, 0) is 11.2 Å². The standard InChI is InChI=1S/C38H51ClN4O4/c1-4-6-7-8-9-10-11-12-13-14-15-16-17-19-28-20-18-21-30(24-28)47-36(5-2)38(45)40-33-26-34(37(46-3)27-35(33)44)43-41-31-23-22-29(39)25-32(31)42-43/h18,20-27,36,44H,4-17,19H2,1-3H3,(H,40,45). The summed E-state index contributed by atoms with van der Waals surface area (Å²) in [5.41, 5.74) is 3.10. The molecule has 0 saturated heterocycles. The molecular weight excluding hydrogens is 612 g/mol. The Bertz CT molecular complexity index is 1560. The van der Waals surface area contributed by atoms with Gasteiger partial charge in [-0.2, -0.15) is 0 Å². The molecule has 0 aliphatic carbocycles. The monoisotopic (exact) mass is 662 g/mol. The second kappa shape index (κ2) is 19.1. The summed E-state index contributed by atoms with van der Waals surface area (Å²) in [5.74, 6) is 0.486. The van der Waals surface area contributed by atoms with Crippen molar-refractivity contribution in [2.45, 2.75) is 116 Å². The Balaban J connectivity index is 1.26. The number of carbonyl (C=O) groups is 1. The zero-order valence-electron chi connectivity index (χ0n) is 28.3. The molecule has 1 aromatic heterocycles. The van der Waals surface area contributed by atoms with Crippen molar-refractivity contribution < 1.29 is 19.4 Å². The van der Waals surface area contributed by atoms with Crippen LogP contribution in [0.3, 0.4) is 0 Å². The molecule has 1 unspecified atom stereocenters. The normalized spacial score (nSPS) is 11.9. The van der Waals surface area contributed by atoms with Gasteiger partial charge in [0.2, 0.25) is 0 Å². The molecular formula is C38H51ClN4O4. The number of halogens is 1. The van der Waals surface area contributed by atoms with Gasteiger partial charge in [-0.1, -0.05) is 115 Å². The number of nitrogens with one attached hydrogen (secondary N) is 1. The van der Waals surface area contributed by atoms with E-state index in [9.17, 15) is 9.90 Å². The molecule has 2 N–H and O–H groups in total. The van der Waals surface area contributed by atoms with Gasteiger partial charge in [-0.15, -0.1) is 15.0 Å². The number of unbranched alkanes of at least 4 members (excludes halogenated alkanes) is 12. The number of rotatable bonds is 21. The van der Waals surface area contributed by atoms with Crippen LogP contribution >= 0.6 is 11.6 Å². The van der Waals surface area contributed by atoms with Crippen molar-refractivity contribution in [3.8, 4) is 22.9 Å². The lowest BCUT2D eigenvalue weighted by molar-refractivity contribution is -0.122. The molecule has 254 valence electrons. The first-order valence-electron chi connectivity index (χ1n) is 17.4. The highest BCUT2D eigenvalue weighted by Crippen LogP contribution is 2.35. The number of hydrogen-bond donors (Lipinski definition) is 2. The SMILES string of the molecule is CCCCCCCCCCCCCCCc1cccc(OC(CC)C(=O)Nc2cc(-n3nc4ccc(Cl)cc4n3)c(OC)cc2O)c1. The summed E-state index contributed by atoms with van der Waals surface area (Å²) in [7, 11) is 1.49. The number of benzene rings is 3. The number of phenols is 1. The van der Waals surface area contributed by atoms with Gasteiger partial charge < -0.3 is 19.9 Å². The molecule has 1 heterocycles. The molecule has 0 saturated carbocycles. The summed E-state index contributed by atoms with van der Waals surface area (Å²) in [5, 5.41) is 23.1. The van der Waals surface area contributed by atoms with E-state index >= 15 is 0 Å². The molecule has 1 amide bonds. The van der Waals surface area contributed by atoms with Crippen LogP contribution in [0.25, 0.3) is 16.7 Å². The molecule has 4 rings (SSSR count). The molecule has 0 radical (unpaired) electrons. The lowest BCUT2D eigenvalue weighted by atomic mass is 10.0. The van der Waals surface area contributed by atoms with Crippen LogP contribution in [-0.4, -0.2) is 39.2 Å². The van der Waals surface area contributed by atoms with Crippen LogP contribution in [0.5, 0.6) is 17.2 Å². The highest BCUT2D eigenvalue weighted by Gasteiger charge is 2.22. The van der Waals surface area contributed by atoms with Gasteiger partial charge in [0.05, 0.1) is 12.8 Å². The number of amides is 1. The fourth-order valence-electron chi connectivity index (χ4n) is 5.79. The van der Waals surface area contributed by atoms with Gasteiger partial charge >= 0.3 is 0 Å². The maximum atomic E-state index is 13.3. The van der Waals surface area contributed by atoms with Gasteiger partial charge in [0.15, 0.2) is 6.10 Å².